The molecule has 2 N–H and O–H groups in total. The van der Waals surface area contributed by atoms with Crippen LogP contribution in [0, 0.1) is 5.41 Å². The highest BCUT2D eigenvalue weighted by atomic mass is 35.5. The van der Waals surface area contributed by atoms with Crippen LogP contribution in [0.4, 0.5) is 11.5 Å². The molecular weight excluding hydrogens is 316 g/mol. The maximum Gasteiger partial charge on any atom is 0.307 e. The van der Waals surface area contributed by atoms with Gasteiger partial charge in [0.25, 0.3) is 0 Å². The Morgan fingerprint density at radius 2 is 2.30 bits per heavy atom. The minimum absolute atomic E-state index is 0.0662. The number of aromatic nitrogens is 2. The van der Waals surface area contributed by atoms with E-state index in [4.69, 9.17) is 22.1 Å². The number of esters is 1. The van der Waals surface area contributed by atoms with E-state index in [1.165, 1.54) is 6.20 Å². The molecular formula is C16H25ClN4O2. The predicted octanol–water partition coefficient (Wildman–Crippen LogP) is 3.40. The molecule has 1 saturated carbocycles. The second kappa shape index (κ2) is 6.91. The fourth-order valence-corrected chi connectivity index (χ4v) is 3.42. The smallest absolute Gasteiger partial charge is 0.307 e. The first kappa shape index (κ1) is 17.8. The monoisotopic (exact) mass is 340 g/mol. The first-order valence-electron chi connectivity index (χ1n) is 8.02. The summed E-state index contributed by atoms with van der Waals surface area (Å²) in [6.07, 6.45) is 4.54. The minimum atomic E-state index is -0.474. The Kier molecular flexibility index (Phi) is 5.34. The highest BCUT2D eigenvalue weighted by molar-refractivity contribution is 6.28. The molecule has 128 valence electrons. The van der Waals surface area contributed by atoms with Gasteiger partial charge in [-0.25, -0.2) is 4.98 Å². The lowest BCUT2D eigenvalue weighted by molar-refractivity contribution is -0.148. The van der Waals surface area contributed by atoms with Gasteiger partial charge < -0.3 is 15.4 Å². The number of carbonyl (C=O) groups is 1. The van der Waals surface area contributed by atoms with E-state index in [-0.39, 0.29) is 22.7 Å². The summed E-state index contributed by atoms with van der Waals surface area (Å²) >= 11 is 5.96. The van der Waals surface area contributed by atoms with Crippen LogP contribution in [0.25, 0.3) is 0 Å². The van der Waals surface area contributed by atoms with Crippen molar-refractivity contribution in [2.75, 3.05) is 10.6 Å². The van der Waals surface area contributed by atoms with Gasteiger partial charge in [-0.1, -0.05) is 27.2 Å². The zero-order chi connectivity index (χ0) is 17.2. The molecule has 2 unspecified atom stereocenters. The van der Waals surface area contributed by atoms with Crippen LogP contribution in [0.3, 0.4) is 0 Å². The molecule has 0 aromatic carbocycles. The summed E-state index contributed by atoms with van der Waals surface area (Å²) in [6, 6.07) is 0.162. The summed E-state index contributed by atoms with van der Waals surface area (Å²) in [4.78, 5) is 22.0. The average molecular weight is 341 g/mol. The Morgan fingerprint density at radius 3 is 2.87 bits per heavy atom. The SMILES string of the molecule is CCC(=O)OC(C)N(c1nc(Cl)ncc1N)C1CCCC1(C)C. The molecule has 1 fully saturated rings. The van der Waals surface area contributed by atoms with Crippen molar-refractivity contribution in [3.05, 3.63) is 11.5 Å². The normalized spacial score (nSPS) is 21.0. The van der Waals surface area contributed by atoms with Gasteiger partial charge in [-0.15, -0.1) is 0 Å². The van der Waals surface area contributed by atoms with Gasteiger partial charge in [-0.2, -0.15) is 4.98 Å². The number of ether oxygens (including phenoxy) is 1. The highest BCUT2D eigenvalue weighted by Crippen LogP contribution is 2.43. The second-order valence-corrected chi connectivity index (χ2v) is 7.00. The molecule has 0 saturated heterocycles. The van der Waals surface area contributed by atoms with E-state index in [2.05, 4.69) is 23.8 Å². The van der Waals surface area contributed by atoms with Gasteiger partial charge >= 0.3 is 5.97 Å². The van der Waals surface area contributed by atoms with Gasteiger partial charge in [0.1, 0.15) is 0 Å². The number of carbonyl (C=O) groups excluding carboxylic acids is 1. The van der Waals surface area contributed by atoms with Crippen molar-refractivity contribution in [3.63, 3.8) is 0 Å². The Morgan fingerprint density at radius 1 is 1.61 bits per heavy atom. The lowest BCUT2D eigenvalue weighted by Gasteiger charge is -2.41. The summed E-state index contributed by atoms with van der Waals surface area (Å²) in [5.74, 6) is 0.276. The van der Waals surface area contributed by atoms with Gasteiger partial charge in [0, 0.05) is 12.5 Å². The summed E-state index contributed by atoms with van der Waals surface area (Å²) < 4.78 is 5.54. The fraction of sp³-hybridized carbons (Fsp3) is 0.688. The molecule has 0 bridgehead atoms. The Balaban J connectivity index is 2.42. The van der Waals surface area contributed by atoms with Crippen LogP contribution in [0.1, 0.15) is 53.4 Å². The molecule has 1 aliphatic rings. The Hall–Kier alpha value is -1.56. The molecule has 1 heterocycles. The molecule has 0 spiro atoms. The zero-order valence-electron chi connectivity index (χ0n) is 14.2. The molecule has 1 aromatic rings. The van der Waals surface area contributed by atoms with Gasteiger partial charge in [0.05, 0.1) is 11.9 Å². The summed E-state index contributed by atoms with van der Waals surface area (Å²) in [5, 5.41) is 0.129. The summed E-state index contributed by atoms with van der Waals surface area (Å²) in [6.45, 7) is 8.04. The van der Waals surface area contributed by atoms with Crippen molar-refractivity contribution in [1.82, 2.24) is 9.97 Å². The average Bonchev–Trinajstić information content (AvgIpc) is 2.82. The first-order valence-corrected chi connectivity index (χ1v) is 8.40. The predicted molar refractivity (Wildman–Crippen MR) is 91.2 cm³/mol. The number of hydrogen-bond acceptors (Lipinski definition) is 6. The third-order valence-corrected chi connectivity index (χ3v) is 4.71. The van der Waals surface area contributed by atoms with E-state index in [1.54, 1.807) is 6.92 Å². The van der Waals surface area contributed by atoms with Crippen molar-refractivity contribution >= 4 is 29.1 Å². The molecule has 0 aliphatic heterocycles. The van der Waals surface area contributed by atoms with Crippen LogP contribution in [-0.4, -0.2) is 28.2 Å². The van der Waals surface area contributed by atoms with Crippen LogP contribution in [0.2, 0.25) is 5.28 Å². The topological polar surface area (TPSA) is 81.3 Å². The zero-order valence-corrected chi connectivity index (χ0v) is 14.9. The highest BCUT2D eigenvalue weighted by Gasteiger charge is 2.42. The van der Waals surface area contributed by atoms with E-state index in [1.807, 2.05) is 11.8 Å². The summed E-state index contributed by atoms with van der Waals surface area (Å²) in [7, 11) is 0. The van der Waals surface area contributed by atoms with E-state index in [0.717, 1.165) is 19.3 Å². The van der Waals surface area contributed by atoms with Crippen LogP contribution in [-0.2, 0) is 9.53 Å². The fourth-order valence-electron chi connectivity index (χ4n) is 3.30. The number of nitrogens with two attached hydrogens (primary N) is 1. The van der Waals surface area contributed by atoms with Crippen molar-refractivity contribution < 1.29 is 9.53 Å². The maximum absolute atomic E-state index is 11.7. The standard InChI is InChI=1S/C16H25ClN4O2/c1-5-13(22)23-10(2)21(12-7-6-8-16(12,3)4)14-11(18)9-19-15(17)20-14/h9-10,12H,5-8,18H2,1-4H3. The molecule has 1 aromatic heterocycles. The number of nitrogen functional groups attached to an aromatic ring is 1. The van der Waals surface area contributed by atoms with E-state index >= 15 is 0 Å². The second-order valence-electron chi connectivity index (χ2n) is 6.66. The Bertz CT molecular complexity index is 579. The Labute approximate surface area is 142 Å². The summed E-state index contributed by atoms with van der Waals surface area (Å²) in [5.41, 5.74) is 6.58. The maximum atomic E-state index is 11.7. The number of anilines is 2. The third kappa shape index (κ3) is 3.86. The number of nitrogens with zero attached hydrogens (tertiary/aromatic N) is 3. The van der Waals surface area contributed by atoms with E-state index in [0.29, 0.717) is 17.9 Å². The van der Waals surface area contributed by atoms with Crippen molar-refractivity contribution in [1.29, 1.82) is 0 Å². The van der Waals surface area contributed by atoms with Crippen molar-refractivity contribution in [2.45, 2.75) is 65.6 Å². The molecule has 23 heavy (non-hydrogen) atoms. The molecule has 1 aliphatic carbocycles. The molecule has 7 heteroatoms. The molecule has 2 rings (SSSR count). The minimum Gasteiger partial charge on any atom is -0.442 e. The molecule has 2 atom stereocenters. The van der Waals surface area contributed by atoms with Gasteiger partial charge in [0.2, 0.25) is 5.28 Å². The van der Waals surface area contributed by atoms with Crippen LogP contribution in [0.15, 0.2) is 6.20 Å². The van der Waals surface area contributed by atoms with Gasteiger partial charge in [0.15, 0.2) is 12.0 Å². The first-order chi connectivity index (χ1) is 10.8. The molecule has 0 amide bonds. The van der Waals surface area contributed by atoms with Crippen LogP contribution in [0.5, 0.6) is 0 Å². The molecule has 6 nitrogen and oxygen atoms in total. The van der Waals surface area contributed by atoms with E-state index in [9.17, 15) is 4.79 Å². The number of rotatable bonds is 5. The lowest BCUT2D eigenvalue weighted by atomic mass is 9.86. The van der Waals surface area contributed by atoms with E-state index < -0.39 is 6.23 Å². The van der Waals surface area contributed by atoms with Crippen LogP contribution >= 0.6 is 11.6 Å². The van der Waals surface area contributed by atoms with Gasteiger partial charge in [-0.05, 0) is 36.8 Å². The molecule has 0 radical (unpaired) electrons. The van der Waals surface area contributed by atoms with Crippen molar-refractivity contribution in [3.8, 4) is 0 Å². The van der Waals surface area contributed by atoms with Crippen molar-refractivity contribution in [2.24, 2.45) is 5.41 Å². The lowest BCUT2D eigenvalue weighted by Crippen LogP contribution is -2.49. The van der Waals surface area contributed by atoms with Gasteiger partial charge in [-0.3, -0.25) is 4.79 Å². The number of hydrogen-bond donors (Lipinski definition) is 1. The number of halogens is 1. The van der Waals surface area contributed by atoms with Crippen LogP contribution < -0.4 is 10.6 Å². The quantitative estimate of drug-likeness (QED) is 0.502. The largest absolute Gasteiger partial charge is 0.442 e. The third-order valence-electron chi connectivity index (χ3n) is 4.53.